The molecule has 152 valence electrons. The Morgan fingerprint density at radius 2 is 1.93 bits per heavy atom. The highest BCUT2D eigenvalue weighted by atomic mass is 35.5. The molecular formula is C20H15ClFN5O2S. The maximum Gasteiger partial charge on any atom is 0.300 e. The van der Waals surface area contributed by atoms with E-state index in [4.69, 9.17) is 11.6 Å². The van der Waals surface area contributed by atoms with Gasteiger partial charge in [-0.05, 0) is 48.9 Å². The Hall–Kier alpha value is -3.17. The standard InChI is InChI=1S/C20H15ClFN5O2S/c1-12-2-7-16(15(21)10-12)23-17(28)11-30-20-25-24-18-19(29)26(8-9-27(18)20)14-5-3-13(22)4-6-14/h2-10H,11H2,1H3,(H,23,28). The van der Waals surface area contributed by atoms with Gasteiger partial charge in [0.1, 0.15) is 5.82 Å². The molecule has 0 aliphatic carbocycles. The minimum absolute atomic E-state index is 0.0616. The van der Waals surface area contributed by atoms with E-state index in [-0.39, 0.29) is 23.1 Å². The first kappa shape index (κ1) is 20.1. The minimum Gasteiger partial charge on any atom is -0.324 e. The van der Waals surface area contributed by atoms with E-state index in [1.54, 1.807) is 24.5 Å². The summed E-state index contributed by atoms with van der Waals surface area (Å²) in [5.41, 5.74) is 1.73. The summed E-state index contributed by atoms with van der Waals surface area (Å²) in [6.45, 7) is 1.91. The summed E-state index contributed by atoms with van der Waals surface area (Å²) < 4.78 is 16.0. The lowest BCUT2D eigenvalue weighted by atomic mass is 10.2. The first-order chi connectivity index (χ1) is 14.4. The number of rotatable bonds is 5. The van der Waals surface area contributed by atoms with Crippen LogP contribution in [0.25, 0.3) is 11.3 Å². The Bertz CT molecular complexity index is 1300. The van der Waals surface area contributed by atoms with Crippen LogP contribution in [0.3, 0.4) is 0 Å². The van der Waals surface area contributed by atoms with Gasteiger partial charge < -0.3 is 5.32 Å². The van der Waals surface area contributed by atoms with E-state index in [0.29, 0.717) is 21.6 Å². The highest BCUT2D eigenvalue weighted by molar-refractivity contribution is 7.99. The van der Waals surface area contributed by atoms with Crippen LogP contribution in [0.15, 0.2) is 64.8 Å². The number of carbonyl (C=O) groups excluding carboxylic acids is 1. The predicted molar refractivity (Wildman–Crippen MR) is 114 cm³/mol. The second-order valence-electron chi connectivity index (χ2n) is 6.45. The van der Waals surface area contributed by atoms with Gasteiger partial charge >= 0.3 is 5.56 Å². The van der Waals surface area contributed by atoms with Crippen molar-refractivity contribution in [2.24, 2.45) is 0 Å². The molecule has 4 aromatic rings. The van der Waals surface area contributed by atoms with Crippen molar-refractivity contribution in [3.63, 3.8) is 0 Å². The van der Waals surface area contributed by atoms with E-state index in [0.717, 1.165) is 17.3 Å². The largest absolute Gasteiger partial charge is 0.324 e. The molecule has 0 spiro atoms. The lowest BCUT2D eigenvalue weighted by Gasteiger charge is -2.08. The van der Waals surface area contributed by atoms with Crippen molar-refractivity contribution in [3.8, 4) is 5.69 Å². The number of hydrogen-bond acceptors (Lipinski definition) is 5. The van der Waals surface area contributed by atoms with Gasteiger partial charge in [0, 0.05) is 18.1 Å². The van der Waals surface area contributed by atoms with Crippen LogP contribution in [0.2, 0.25) is 5.02 Å². The fourth-order valence-corrected chi connectivity index (χ4v) is 3.81. The molecule has 0 saturated heterocycles. The summed E-state index contributed by atoms with van der Waals surface area (Å²) >= 11 is 7.28. The van der Waals surface area contributed by atoms with E-state index in [1.165, 1.54) is 33.2 Å². The first-order valence-corrected chi connectivity index (χ1v) is 10.2. The molecule has 30 heavy (non-hydrogen) atoms. The highest BCUT2D eigenvalue weighted by Crippen LogP contribution is 2.23. The lowest BCUT2D eigenvalue weighted by Crippen LogP contribution is -2.20. The topological polar surface area (TPSA) is 81.3 Å². The molecule has 1 N–H and O–H groups in total. The smallest absolute Gasteiger partial charge is 0.300 e. The van der Waals surface area contributed by atoms with Gasteiger partial charge in [-0.2, -0.15) is 0 Å². The Balaban J connectivity index is 1.51. The molecule has 0 bridgehead atoms. The third kappa shape index (κ3) is 4.07. The van der Waals surface area contributed by atoms with Crippen LogP contribution in [-0.2, 0) is 4.79 Å². The number of fused-ring (bicyclic) bond motifs is 1. The SMILES string of the molecule is Cc1ccc(NC(=O)CSc2nnc3c(=O)n(-c4ccc(F)cc4)ccn23)c(Cl)c1. The molecular weight excluding hydrogens is 429 g/mol. The molecule has 2 aromatic carbocycles. The molecule has 0 saturated carbocycles. The minimum atomic E-state index is -0.403. The summed E-state index contributed by atoms with van der Waals surface area (Å²) in [6, 6.07) is 10.9. The maximum atomic E-state index is 13.1. The zero-order chi connectivity index (χ0) is 21.3. The average molecular weight is 444 g/mol. The molecule has 2 aromatic heterocycles. The second-order valence-corrected chi connectivity index (χ2v) is 7.80. The van der Waals surface area contributed by atoms with E-state index in [9.17, 15) is 14.0 Å². The van der Waals surface area contributed by atoms with Gasteiger partial charge in [0.15, 0.2) is 5.16 Å². The quantitative estimate of drug-likeness (QED) is 0.475. The molecule has 2 heterocycles. The van der Waals surface area contributed by atoms with Crippen LogP contribution in [0.1, 0.15) is 5.56 Å². The molecule has 0 aliphatic rings. The number of aryl methyl sites for hydroxylation is 1. The van der Waals surface area contributed by atoms with Crippen molar-refractivity contribution < 1.29 is 9.18 Å². The van der Waals surface area contributed by atoms with Gasteiger partial charge in [-0.25, -0.2) is 4.39 Å². The van der Waals surface area contributed by atoms with Gasteiger partial charge in [0.25, 0.3) is 0 Å². The molecule has 1 amide bonds. The Morgan fingerprint density at radius 3 is 2.67 bits per heavy atom. The Labute approximate surface area is 179 Å². The molecule has 10 heteroatoms. The Morgan fingerprint density at radius 1 is 1.17 bits per heavy atom. The van der Waals surface area contributed by atoms with Crippen LogP contribution in [0.5, 0.6) is 0 Å². The van der Waals surface area contributed by atoms with Crippen molar-refractivity contribution in [2.45, 2.75) is 12.1 Å². The van der Waals surface area contributed by atoms with E-state index >= 15 is 0 Å². The normalized spacial score (nSPS) is 11.0. The number of nitrogens with one attached hydrogen (secondary N) is 1. The van der Waals surface area contributed by atoms with E-state index in [2.05, 4.69) is 15.5 Å². The Kier molecular flexibility index (Phi) is 5.56. The fourth-order valence-electron chi connectivity index (χ4n) is 2.81. The van der Waals surface area contributed by atoms with Crippen LogP contribution in [0, 0.1) is 12.7 Å². The fraction of sp³-hybridized carbons (Fsp3) is 0.100. The molecule has 0 atom stereocenters. The van der Waals surface area contributed by atoms with E-state index < -0.39 is 5.56 Å². The molecule has 4 rings (SSSR count). The summed E-state index contributed by atoms with van der Waals surface area (Å²) in [7, 11) is 0. The van der Waals surface area contributed by atoms with Crippen LogP contribution < -0.4 is 10.9 Å². The number of halogens is 2. The maximum absolute atomic E-state index is 13.1. The van der Waals surface area contributed by atoms with Crippen molar-refractivity contribution in [1.82, 2.24) is 19.2 Å². The molecule has 0 unspecified atom stereocenters. The summed E-state index contributed by atoms with van der Waals surface area (Å²) in [5, 5.41) is 11.6. The summed E-state index contributed by atoms with van der Waals surface area (Å²) in [4.78, 5) is 25.0. The van der Waals surface area contributed by atoms with Crippen LogP contribution in [0.4, 0.5) is 10.1 Å². The van der Waals surface area contributed by atoms with Crippen LogP contribution in [-0.4, -0.2) is 30.8 Å². The average Bonchev–Trinajstić information content (AvgIpc) is 3.14. The number of anilines is 1. The first-order valence-electron chi connectivity index (χ1n) is 8.83. The predicted octanol–water partition coefficient (Wildman–Crippen LogP) is 3.71. The number of carbonyl (C=O) groups is 1. The zero-order valence-corrected chi connectivity index (χ0v) is 17.2. The van der Waals surface area contributed by atoms with Gasteiger partial charge in [-0.3, -0.25) is 18.6 Å². The van der Waals surface area contributed by atoms with Crippen molar-refractivity contribution >= 4 is 40.6 Å². The molecule has 7 nitrogen and oxygen atoms in total. The van der Waals surface area contributed by atoms with Gasteiger partial charge in [0.2, 0.25) is 11.6 Å². The summed E-state index contributed by atoms with van der Waals surface area (Å²) in [6.07, 6.45) is 3.17. The number of amides is 1. The molecule has 0 radical (unpaired) electrons. The lowest BCUT2D eigenvalue weighted by molar-refractivity contribution is -0.113. The van der Waals surface area contributed by atoms with Gasteiger partial charge in [0.05, 0.1) is 16.5 Å². The van der Waals surface area contributed by atoms with Crippen LogP contribution >= 0.6 is 23.4 Å². The molecule has 0 fully saturated rings. The summed E-state index contributed by atoms with van der Waals surface area (Å²) in [5.74, 6) is -0.590. The molecule has 0 aliphatic heterocycles. The van der Waals surface area contributed by atoms with Gasteiger partial charge in [-0.15, -0.1) is 10.2 Å². The van der Waals surface area contributed by atoms with Crippen molar-refractivity contribution in [3.05, 3.63) is 81.6 Å². The highest BCUT2D eigenvalue weighted by Gasteiger charge is 2.14. The monoisotopic (exact) mass is 443 g/mol. The third-order valence-electron chi connectivity index (χ3n) is 4.28. The zero-order valence-electron chi connectivity index (χ0n) is 15.7. The second kappa shape index (κ2) is 8.29. The van der Waals surface area contributed by atoms with Crippen molar-refractivity contribution in [1.29, 1.82) is 0 Å². The number of thioether (sulfide) groups is 1. The van der Waals surface area contributed by atoms with E-state index in [1.807, 2.05) is 13.0 Å². The van der Waals surface area contributed by atoms with Gasteiger partial charge in [-0.1, -0.05) is 29.4 Å². The third-order valence-corrected chi connectivity index (χ3v) is 5.53. The number of benzene rings is 2. The number of aromatic nitrogens is 4. The number of nitrogens with zero attached hydrogens (tertiary/aromatic N) is 4. The number of hydrogen-bond donors (Lipinski definition) is 1. The van der Waals surface area contributed by atoms with Crippen molar-refractivity contribution in [2.75, 3.05) is 11.1 Å².